The number of allylic oxidation sites excluding steroid dienone is 1. The van der Waals surface area contributed by atoms with Crippen LogP contribution in [0, 0.1) is 0 Å². The van der Waals surface area contributed by atoms with E-state index in [9.17, 15) is 9.59 Å². The molecule has 0 N–H and O–H groups in total. The second kappa shape index (κ2) is 6.63. The van der Waals surface area contributed by atoms with Gasteiger partial charge in [-0.1, -0.05) is 42.4 Å². The Kier molecular flexibility index (Phi) is 4.87. The van der Waals surface area contributed by atoms with E-state index in [-0.39, 0.29) is 11.6 Å². The SMILES string of the molecule is CC(=O)[C@@H]1OB(/C=C/Cc2ccccc2)O[C@H]1C(C)=O. The average molecular weight is 272 g/mol. The zero-order valence-corrected chi connectivity index (χ0v) is 11.6. The molecule has 2 rings (SSSR count). The molecule has 1 fully saturated rings. The minimum Gasteiger partial charge on any atom is -0.395 e. The summed E-state index contributed by atoms with van der Waals surface area (Å²) in [5.74, 6) is 1.36. The summed E-state index contributed by atoms with van der Waals surface area (Å²) in [6.45, 7) is 2.81. The molecular formula is C15H17BO4. The summed E-state index contributed by atoms with van der Waals surface area (Å²) in [7, 11) is -0.637. The number of ketones is 2. The van der Waals surface area contributed by atoms with E-state index in [0.717, 1.165) is 6.42 Å². The van der Waals surface area contributed by atoms with Crippen LogP contribution in [0.25, 0.3) is 0 Å². The van der Waals surface area contributed by atoms with Crippen molar-refractivity contribution in [2.75, 3.05) is 0 Å². The Bertz CT molecular complexity index is 490. The molecule has 0 amide bonds. The van der Waals surface area contributed by atoms with Crippen molar-refractivity contribution in [3.05, 3.63) is 47.9 Å². The lowest BCUT2D eigenvalue weighted by Gasteiger charge is -2.11. The number of Topliss-reactive ketones (excluding diaryl/α,β-unsaturated/α-hetero) is 2. The standard InChI is InChI=1S/C15H17BO4/c1-11(17)14-15(12(2)18)20-16(19-14)10-6-9-13-7-4-3-5-8-13/h3-8,10,14-15H,9H2,1-2H3/b10-6+/t14-,15-/m0/s1. The zero-order chi connectivity index (χ0) is 14.5. The van der Waals surface area contributed by atoms with Gasteiger partial charge in [-0.15, -0.1) is 0 Å². The van der Waals surface area contributed by atoms with Crippen molar-refractivity contribution in [3.8, 4) is 0 Å². The van der Waals surface area contributed by atoms with Crippen molar-refractivity contribution in [1.82, 2.24) is 0 Å². The number of rotatable bonds is 5. The van der Waals surface area contributed by atoms with Crippen LogP contribution in [-0.4, -0.2) is 30.9 Å². The first-order chi connectivity index (χ1) is 9.58. The molecule has 0 spiro atoms. The molecule has 0 unspecified atom stereocenters. The first kappa shape index (κ1) is 14.7. The lowest BCUT2D eigenvalue weighted by molar-refractivity contribution is -0.132. The lowest BCUT2D eigenvalue weighted by atomic mass is 9.89. The number of hydrogen-bond donors (Lipinski definition) is 0. The molecule has 0 aliphatic carbocycles. The van der Waals surface area contributed by atoms with E-state index in [1.54, 1.807) is 5.98 Å². The maximum absolute atomic E-state index is 11.4. The highest BCUT2D eigenvalue weighted by molar-refractivity contribution is 6.52. The summed E-state index contributed by atoms with van der Waals surface area (Å²) < 4.78 is 10.9. The van der Waals surface area contributed by atoms with Crippen LogP contribution in [0.4, 0.5) is 0 Å². The second-order valence-corrected chi connectivity index (χ2v) is 4.82. The van der Waals surface area contributed by atoms with Crippen molar-refractivity contribution in [2.24, 2.45) is 0 Å². The van der Waals surface area contributed by atoms with Gasteiger partial charge in [-0.2, -0.15) is 0 Å². The van der Waals surface area contributed by atoms with Crippen LogP contribution < -0.4 is 0 Å². The average Bonchev–Trinajstić information content (AvgIpc) is 2.85. The number of hydrogen-bond acceptors (Lipinski definition) is 4. The predicted molar refractivity (Wildman–Crippen MR) is 76.1 cm³/mol. The van der Waals surface area contributed by atoms with Gasteiger partial charge < -0.3 is 9.31 Å². The molecule has 0 bridgehead atoms. The lowest BCUT2D eigenvalue weighted by Crippen LogP contribution is -2.34. The van der Waals surface area contributed by atoms with Crippen LogP contribution >= 0.6 is 0 Å². The fourth-order valence-electron chi connectivity index (χ4n) is 2.10. The van der Waals surface area contributed by atoms with E-state index >= 15 is 0 Å². The molecule has 1 aromatic rings. The van der Waals surface area contributed by atoms with Gasteiger partial charge in [-0.05, 0) is 25.8 Å². The third-order valence-electron chi connectivity index (χ3n) is 3.13. The molecule has 104 valence electrons. The highest BCUT2D eigenvalue weighted by Crippen LogP contribution is 2.19. The fraction of sp³-hybridized carbons (Fsp3) is 0.333. The van der Waals surface area contributed by atoms with E-state index in [1.165, 1.54) is 19.4 Å². The monoisotopic (exact) mass is 272 g/mol. The van der Waals surface area contributed by atoms with Crippen LogP contribution in [0.5, 0.6) is 0 Å². The van der Waals surface area contributed by atoms with Gasteiger partial charge in [0, 0.05) is 0 Å². The normalized spacial score (nSPS) is 22.4. The Balaban J connectivity index is 1.94. The summed E-state index contributed by atoms with van der Waals surface area (Å²) in [6, 6.07) is 9.97. The maximum atomic E-state index is 11.4. The van der Waals surface area contributed by atoms with Crippen molar-refractivity contribution in [2.45, 2.75) is 32.5 Å². The van der Waals surface area contributed by atoms with Crippen LogP contribution in [0.1, 0.15) is 19.4 Å². The topological polar surface area (TPSA) is 52.6 Å². The van der Waals surface area contributed by atoms with E-state index in [0.29, 0.717) is 0 Å². The zero-order valence-electron chi connectivity index (χ0n) is 11.6. The molecule has 5 heteroatoms. The molecule has 1 heterocycles. The molecule has 1 aliphatic heterocycles. The Morgan fingerprint density at radius 1 is 1.10 bits per heavy atom. The van der Waals surface area contributed by atoms with Gasteiger partial charge in [0.05, 0.1) is 0 Å². The minimum atomic E-state index is -0.793. The highest BCUT2D eigenvalue weighted by Gasteiger charge is 2.43. The quantitative estimate of drug-likeness (QED) is 0.766. The van der Waals surface area contributed by atoms with Crippen LogP contribution in [0.2, 0.25) is 0 Å². The summed E-state index contributed by atoms with van der Waals surface area (Å²) in [4.78, 5) is 22.8. The van der Waals surface area contributed by atoms with E-state index in [1.807, 2.05) is 36.4 Å². The number of carbonyl (C=O) groups excluding carboxylic acids is 2. The smallest absolute Gasteiger partial charge is 0.395 e. The number of carbonyl (C=O) groups is 2. The minimum absolute atomic E-state index is 0.191. The van der Waals surface area contributed by atoms with Crippen LogP contribution in [0.15, 0.2) is 42.4 Å². The van der Waals surface area contributed by atoms with Crippen LogP contribution in [0.3, 0.4) is 0 Å². The molecule has 1 aromatic carbocycles. The third-order valence-corrected chi connectivity index (χ3v) is 3.13. The molecule has 4 nitrogen and oxygen atoms in total. The Morgan fingerprint density at radius 3 is 2.15 bits per heavy atom. The Morgan fingerprint density at radius 2 is 1.65 bits per heavy atom. The molecule has 20 heavy (non-hydrogen) atoms. The van der Waals surface area contributed by atoms with Gasteiger partial charge in [0.15, 0.2) is 11.6 Å². The summed E-state index contributed by atoms with van der Waals surface area (Å²) in [6.07, 6.45) is 1.08. The largest absolute Gasteiger partial charge is 0.487 e. The van der Waals surface area contributed by atoms with Gasteiger partial charge in [-0.3, -0.25) is 9.59 Å². The van der Waals surface area contributed by atoms with Gasteiger partial charge in [0.1, 0.15) is 12.2 Å². The molecule has 1 saturated heterocycles. The number of benzene rings is 1. The molecule has 0 aromatic heterocycles. The molecule has 0 radical (unpaired) electrons. The highest BCUT2D eigenvalue weighted by atomic mass is 16.7. The second-order valence-electron chi connectivity index (χ2n) is 4.82. The molecule has 2 atom stereocenters. The van der Waals surface area contributed by atoms with E-state index in [4.69, 9.17) is 9.31 Å². The van der Waals surface area contributed by atoms with E-state index < -0.39 is 19.3 Å². The van der Waals surface area contributed by atoms with Crippen molar-refractivity contribution >= 4 is 18.7 Å². The summed E-state index contributed by atoms with van der Waals surface area (Å²) in [5.41, 5.74) is 1.17. The third kappa shape index (κ3) is 3.65. The Labute approximate surface area is 118 Å². The summed E-state index contributed by atoms with van der Waals surface area (Å²) >= 11 is 0. The molecule has 1 aliphatic rings. The van der Waals surface area contributed by atoms with Gasteiger partial charge in [0.25, 0.3) is 0 Å². The van der Waals surface area contributed by atoms with Gasteiger partial charge >= 0.3 is 7.12 Å². The van der Waals surface area contributed by atoms with Gasteiger partial charge in [0.2, 0.25) is 0 Å². The maximum Gasteiger partial charge on any atom is 0.487 e. The van der Waals surface area contributed by atoms with Crippen molar-refractivity contribution in [1.29, 1.82) is 0 Å². The first-order valence-corrected chi connectivity index (χ1v) is 6.60. The predicted octanol–water partition coefficient (Wildman–Crippen LogP) is 1.77. The first-order valence-electron chi connectivity index (χ1n) is 6.60. The molecular weight excluding hydrogens is 255 g/mol. The fourth-order valence-corrected chi connectivity index (χ4v) is 2.10. The van der Waals surface area contributed by atoms with Crippen molar-refractivity contribution in [3.63, 3.8) is 0 Å². The van der Waals surface area contributed by atoms with Gasteiger partial charge in [-0.25, -0.2) is 0 Å². The molecule has 0 saturated carbocycles. The van der Waals surface area contributed by atoms with Crippen molar-refractivity contribution < 1.29 is 18.9 Å². The Hall–Kier alpha value is -1.72. The summed E-state index contributed by atoms with van der Waals surface area (Å²) in [5, 5.41) is 0. The van der Waals surface area contributed by atoms with E-state index in [2.05, 4.69) is 0 Å². The van der Waals surface area contributed by atoms with Crippen LogP contribution in [-0.2, 0) is 25.3 Å².